The summed E-state index contributed by atoms with van der Waals surface area (Å²) in [6.07, 6.45) is 0.0502. The predicted octanol–water partition coefficient (Wildman–Crippen LogP) is -0.428. The van der Waals surface area contributed by atoms with E-state index in [1.165, 1.54) is 0 Å². The molecule has 0 saturated carbocycles. The van der Waals surface area contributed by atoms with Crippen molar-refractivity contribution in [3.63, 3.8) is 0 Å². The monoisotopic (exact) mass is 547 g/mol. The van der Waals surface area contributed by atoms with E-state index < -0.39 is 72.6 Å². The summed E-state index contributed by atoms with van der Waals surface area (Å²) in [6, 6.07) is 1.43. The van der Waals surface area contributed by atoms with Gasteiger partial charge in [0.1, 0.15) is 18.1 Å². The van der Waals surface area contributed by atoms with Crippen LogP contribution in [0.5, 0.6) is 0 Å². The summed E-state index contributed by atoms with van der Waals surface area (Å²) in [4.78, 5) is 75.4. The first kappa shape index (κ1) is 30.8. The summed E-state index contributed by atoms with van der Waals surface area (Å²) < 4.78 is 0. The Bertz CT molecular complexity index is 1230. The van der Waals surface area contributed by atoms with Crippen molar-refractivity contribution in [1.29, 1.82) is 0 Å². The Morgan fingerprint density at radius 1 is 0.821 bits per heavy atom. The average molecular weight is 548 g/mol. The van der Waals surface area contributed by atoms with E-state index in [0.29, 0.717) is 5.56 Å². The molecular formula is C25H33N5O9. The highest BCUT2D eigenvalue weighted by molar-refractivity contribution is 5.96. The normalized spacial score (nSPS) is 14.2. The lowest BCUT2D eigenvalue weighted by atomic mass is 10.0. The number of aromatic nitrogens is 1. The third-order valence-corrected chi connectivity index (χ3v) is 5.80. The molecule has 1 heterocycles. The summed E-state index contributed by atoms with van der Waals surface area (Å²) in [7, 11) is 0. The predicted molar refractivity (Wildman–Crippen MR) is 137 cm³/mol. The largest absolute Gasteiger partial charge is 0.481 e. The lowest BCUT2D eigenvalue weighted by Crippen LogP contribution is -2.58. The molecule has 0 fully saturated rings. The first-order valence-corrected chi connectivity index (χ1v) is 12.2. The van der Waals surface area contributed by atoms with Gasteiger partial charge in [0.2, 0.25) is 17.7 Å². The molecule has 0 bridgehead atoms. The second-order valence-corrected chi connectivity index (χ2v) is 9.52. The van der Waals surface area contributed by atoms with E-state index in [9.17, 15) is 39.0 Å². The van der Waals surface area contributed by atoms with Crippen molar-refractivity contribution in [2.24, 2.45) is 11.7 Å². The zero-order chi connectivity index (χ0) is 29.3. The van der Waals surface area contributed by atoms with Crippen LogP contribution < -0.4 is 21.7 Å². The number of carbonyl (C=O) groups excluding carboxylic acids is 3. The Morgan fingerprint density at radius 2 is 1.38 bits per heavy atom. The number of rotatable bonds is 15. The Hall–Kier alpha value is -4.46. The molecule has 4 atom stereocenters. The third kappa shape index (κ3) is 9.41. The van der Waals surface area contributed by atoms with Gasteiger partial charge in [0.15, 0.2) is 0 Å². The third-order valence-electron chi connectivity index (χ3n) is 5.80. The number of nitrogens with one attached hydrogen (secondary N) is 4. The smallest absolute Gasteiger partial charge is 0.326 e. The molecule has 0 saturated heterocycles. The molecule has 1 aromatic carbocycles. The molecule has 212 valence electrons. The van der Waals surface area contributed by atoms with Gasteiger partial charge in [-0.3, -0.25) is 24.0 Å². The molecule has 1 aromatic heterocycles. The van der Waals surface area contributed by atoms with Gasteiger partial charge < -0.3 is 42.0 Å². The van der Waals surface area contributed by atoms with Crippen molar-refractivity contribution in [3.05, 3.63) is 36.0 Å². The van der Waals surface area contributed by atoms with Gasteiger partial charge in [-0.15, -0.1) is 0 Å². The lowest BCUT2D eigenvalue weighted by Gasteiger charge is -2.25. The molecular weight excluding hydrogens is 514 g/mol. The van der Waals surface area contributed by atoms with E-state index in [0.717, 1.165) is 10.9 Å². The number of benzene rings is 1. The summed E-state index contributed by atoms with van der Waals surface area (Å²) in [5.41, 5.74) is 6.94. The first-order chi connectivity index (χ1) is 18.3. The van der Waals surface area contributed by atoms with Crippen LogP contribution in [0, 0.1) is 5.92 Å². The number of hydrogen-bond acceptors (Lipinski definition) is 7. The van der Waals surface area contributed by atoms with E-state index >= 15 is 0 Å². The van der Waals surface area contributed by atoms with Crippen molar-refractivity contribution in [1.82, 2.24) is 20.9 Å². The number of carbonyl (C=O) groups is 6. The molecule has 9 N–H and O–H groups in total. The first-order valence-electron chi connectivity index (χ1n) is 12.2. The van der Waals surface area contributed by atoms with E-state index in [1.807, 2.05) is 18.2 Å². The summed E-state index contributed by atoms with van der Waals surface area (Å²) in [6.45, 7) is 3.52. The van der Waals surface area contributed by atoms with Crippen LogP contribution in [0.1, 0.15) is 38.7 Å². The van der Waals surface area contributed by atoms with Crippen molar-refractivity contribution in [3.8, 4) is 0 Å². The fraction of sp³-hybridized carbons (Fsp3) is 0.440. The van der Waals surface area contributed by atoms with Crippen molar-refractivity contribution < 1.29 is 44.1 Å². The number of aromatic amines is 1. The number of fused-ring (bicyclic) bond motifs is 1. The standard InChI is InChI=1S/C25H33N5O9/c1-12(2)7-17(29-24(37)18(10-21(33)34)28-22(35)15(26)9-20(31)32)23(36)30-19(25(38)39)8-13-11-27-16-6-4-3-5-14(13)16/h3-6,11-12,15,17-19,27H,7-10,26H2,1-2H3,(H,28,35)(H,29,37)(H,30,36)(H,31,32)(H,33,34)(H,38,39). The fourth-order valence-corrected chi connectivity index (χ4v) is 3.91. The second kappa shape index (κ2) is 13.9. The number of H-pyrrole nitrogens is 1. The van der Waals surface area contributed by atoms with Gasteiger partial charge >= 0.3 is 17.9 Å². The number of hydrogen-bond donors (Lipinski definition) is 8. The molecule has 0 aliphatic rings. The molecule has 4 unspecified atom stereocenters. The molecule has 14 nitrogen and oxygen atoms in total. The van der Waals surface area contributed by atoms with Gasteiger partial charge in [0, 0.05) is 23.5 Å². The molecule has 2 rings (SSSR count). The Morgan fingerprint density at radius 3 is 1.97 bits per heavy atom. The molecule has 0 radical (unpaired) electrons. The van der Waals surface area contributed by atoms with Crippen molar-refractivity contribution >= 4 is 46.5 Å². The molecule has 0 aliphatic heterocycles. The summed E-state index contributed by atoms with van der Waals surface area (Å²) >= 11 is 0. The molecule has 0 spiro atoms. The van der Waals surface area contributed by atoms with Crippen LogP contribution in [-0.2, 0) is 35.2 Å². The van der Waals surface area contributed by atoms with Crippen LogP contribution in [-0.4, -0.2) is 80.1 Å². The minimum absolute atomic E-state index is 0.0490. The van der Waals surface area contributed by atoms with E-state index in [4.69, 9.17) is 10.8 Å². The summed E-state index contributed by atoms with van der Waals surface area (Å²) in [5.74, 6) is -7.16. The van der Waals surface area contributed by atoms with Crippen molar-refractivity contribution in [2.45, 2.75) is 63.7 Å². The maximum absolute atomic E-state index is 13.1. The zero-order valence-corrected chi connectivity index (χ0v) is 21.5. The van der Waals surface area contributed by atoms with E-state index in [-0.39, 0.29) is 18.8 Å². The van der Waals surface area contributed by atoms with Gasteiger partial charge in [-0.05, 0) is 24.0 Å². The Balaban J connectivity index is 2.19. The van der Waals surface area contributed by atoms with Gasteiger partial charge in [0.05, 0.1) is 18.9 Å². The minimum Gasteiger partial charge on any atom is -0.481 e. The number of carboxylic acids is 3. The quantitative estimate of drug-likeness (QED) is 0.143. The average Bonchev–Trinajstić information content (AvgIpc) is 3.24. The van der Waals surface area contributed by atoms with Crippen LogP contribution in [0.25, 0.3) is 10.9 Å². The SMILES string of the molecule is CC(C)CC(NC(=O)C(CC(=O)O)NC(=O)C(N)CC(=O)O)C(=O)NC(Cc1c[nH]c2ccccc12)C(=O)O. The minimum atomic E-state index is -1.67. The van der Waals surface area contributed by atoms with Gasteiger partial charge in [-0.1, -0.05) is 32.0 Å². The Labute approximate surface area is 223 Å². The molecule has 2 aromatic rings. The van der Waals surface area contributed by atoms with Crippen LogP contribution in [0.3, 0.4) is 0 Å². The summed E-state index contributed by atoms with van der Waals surface area (Å²) in [5, 5.41) is 35.5. The van der Waals surface area contributed by atoms with Gasteiger partial charge in [-0.25, -0.2) is 4.79 Å². The van der Waals surface area contributed by atoms with Gasteiger partial charge in [0.25, 0.3) is 0 Å². The molecule has 3 amide bonds. The number of amides is 3. The van der Waals surface area contributed by atoms with Gasteiger partial charge in [-0.2, -0.15) is 0 Å². The number of carboxylic acid groups (broad SMARTS) is 3. The number of aliphatic carboxylic acids is 3. The van der Waals surface area contributed by atoms with Crippen molar-refractivity contribution in [2.75, 3.05) is 0 Å². The van der Waals surface area contributed by atoms with E-state index in [1.54, 1.807) is 26.1 Å². The maximum atomic E-state index is 13.1. The van der Waals surface area contributed by atoms with Crippen LogP contribution >= 0.6 is 0 Å². The molecule has 39 heavy (non-hydrogen) atoms. The maximum Gasteiger partial charge on any atom is 0.326 e. The van der Waals surface area contributed by atoms with Crippen LogP contribution in [0.2, 0.25) is 0 Å². The Kier molecular flexibility index (Phi) is 11.0. The van der Waals surface area contributed by atoms with Crippen LogP contribution in [0.15, 0.2) is 30.5 Å². The zero-order valence-electron chi connectivity index (χ0n) is 21.5. The highest BCUT2D eigenvalue weighted by Gasteiger charge is 2.32. The topological polar surface area (TPSA) is 241 Å². The lowest BCUT2D eigenvalue weighted by molar-refractivity contribution is -0.143. The molecule has 0 aliphatic carbocycles. The number of nitrogens with two attached hydrogens (primary N) is 1. The second-order valence-electron chi connectivity index (χ2n) is 9.52. The highest BCUT2D eigenvalue weighted by atomic mass is 16.4. The molecule has 14 heteroatoms. The van der Waals surface area contributed by atoms with E-state index in [2.05, 4.69) is 20.9 Å². The number of para-hydroxylation sites is 1. The van der Waals surface area contributed by atoms with Crippen LogP contribution in [0.4, 0.5) is 0 Å². The fourth-order valence-electron chi connectivity index (χ4n) is 3.91. The highest BCUT2D eigenvalue weighted by Crippen LogP contribution is 2.19.